The van der Waals surface area contributed by atoms with Gasteiger partial charge in [-0.2, -0.15) is 0 Å². The van der Waals surface area contributed by atoms with Gasteiger partial charge in [-0.1, -0.05) is 0 Å². The minimum atomic E-state index is -2.83. The van der Waals surface area contributed by atoms with Crippen molar-refractivity contribution in [2.75, 3.05) is 5.32 Å². The van der Waals surface area contributed by atoms with Crippen LogP contribution in [0.5, 0.6) is 0 Å². The number of pyridine rings is 1. The van der Waals surface area contributed by atoms with Gasteiger partial charge in [0.1, 0.15) is 11.5 Å². The zero-order valence-corrected chi connectivity index (χ0v) is 18.3. The van der Waals surface area contributed by atoms with Crippen molar-refractivity contribution in [3.63, 3.8) is 0 Å². The molecule has 0 saturated carbocycles. The zero-order chi connectivity index (χ0) is 22.5. The van der Waals surface area contributed by atoms with Crippen LogP contribution in [0.4, 0.5) is 14.6 Å². The van der Waals surface area contributed by atoms with Gasteiger partial charge in [-0.25, -0.2) is 23.5 Å². The fourth-order valence-electron chi connectivity index (χ4n) is 4.40. The molecular formula is C21H25F2KN4O3S. The van der Waals surface area contributed by atoms with Crippen LogP contribution in [-0.4, -0.2) is 101 Å². The third-order valence-electron chi connectivity index (χ3n) is 5.62. The van der Waals surface area contributed by atoms with Gasteiger partial charge in [0.25, 0.3) is 12.3 Å². The Morgan fingerprint density at radius 3 is 2.31 bits per heavy atom. The summed E-state index contributed by atoms with van der Waals surface area (Å²) in [6, 6.07) is 1.46. The molecule has 2 bridgehead atoms. The summed E-state index contributed by atoms with van der Waals surface area (Å²) in [5.74, 6) is -1.41. The fourth-order valence-corrected chi connectivity index (χ4v) is 5.33. The number of fused-ring (bicyclic) bond motifs is 2. The second kappa shape index (κ2) is 9.71. The van der Waals surface area contributed by atoms with Gasteiger partial charge in [0.2, 0.25) is 5.01 Å². The number of carboxylic acids is 1. The van der Waals surface area contributed by atoms with Gasteiger partial charge in [0, 0.05) is 34.9 Å². The molecular weight excluding hydrogens is 465 g/mol. The van der Waals surface area contributed by atoms with E-state index in [1.165, 1.54) is 12.3 Å². The normalized spacial score (nSPS) is 19.9. The molecule has 11 heteroatoms. The van der Waals surface area contributed by atoms with Crippen LogP contribution >= 0.6 is 11.3 Å². The number of carbonyl (C=O) groups is 2. The van der Waals surface area contributed by atoms with Gasteiger partial charge in [0.05, 0.1) is 4.88 Å². The Hall–Kier alpha value is -0.984. The molecule has 2 aromatic heterocycles. The molecule has 2 aromatic rings. The number of alkyl halides is 2. The molecule has 7 nitrogen and oxygen atoms in total. The van der Waals surface area contributed by atoms with E-state index in [0.29, 0.717) is 0 Å². The summed E-state index contributed by atoms with van der Waals surface area (Å²) in [5, 5.41) is 12.2. The number of carbonyl (C=O) groups excluding carboxylic acids is 1. The summed E-state index contributed by atoms with van der Waals surface area (Å²) in [6.07, 6.45) is 2.04. The van der Waals surface area contributed by atoms with E-state index in [1.807, 2.05) is 20.8 Å². The maximum absolute atomic E-state index is 14.0. The summed E-state index contributed by atoms with van der Waals surface area (Å²) in [5.41, 5.74) is -0.748. The molecule has 2 aliphatic heterocycles. The Balaban J connectivity index is 0.00000289. The van der Waals surface area contributed by atoms with Crippen LogP contribution in [0.3, 0.4) is 0 Å². The number of nitrogens with one attached hydrogen (secondary N) is 1. The molecule has 168 valence electrons. The molecule has 4 heterocycles. The van der Waals surface area contributed by atoms with Crippen molar-refractivity contribution in [2.24, 2.45) is 0 Å². The first-order valence-corrected chi connectivity index (χ1v) is 11.0. The molecule has 0 spiro atoms. The average Bonchev–Trinajstić information content (AvgIpc) is 3.40. The van der Waals surface area contributed by atoms with Crippen molar-refractivity contribution in [1.29, 1.82) is 0 Å². The van der Waals surface area contributed by atoms with Gasteiger partial charge in [-0.15, -0.1) is 11.3 Å². The standard InChI is InChI=1S/C21H24F2N4O3S.K.H/c1-21(2,3)26-14-8-12(17(22)23)13(9-24-14)16-15(25-18(31-16)20(29)30)19(28)27-10-4-5-11(27)7-6-10;;/h8-11,17H,4-7H2,1-3H3,(H,24,26)(H,29,30);;. The number of halogens is 2. The SMILES string of the molecule is CC(C)(C)Nc1cc(C(F)F)c(-c2sc(C(=O)O)nc2C(=O)N2C3CCC2CC3)cn1.[KH]. The van der Waals surface area contributed by atoms with Crippen LogP contribution in [-0.2, 0) is 0 Å². The molecule has 2 aliphatic rings. The number of amides is 1. The van der Waals surface area contributed by atoms with Crippen molar-refractivity contribution < 1.29 is 23.5 Å². The molecule has 0 aromatic carbocycles. The van der Waals surface area contributed by atoms with Gasteiger partial charge in [-0.3, -0.25) is 4.79 Å². The summed E-state index contributed by atoms with van der Waals surface area (Å²) in [4.78, 5) is 35.1. The summed E-state index contributed by atoms with van der Waals surface area (Å²) < 4.78 is 28.0. The number of rotatable bonds is 5. The van der Waals surface area contributed by atoms with E-state index in [9.17, 15) is 23.5 Å². The number of aromatic nitrogens is 2. The average molecular weight is 491 g/mol. The number of thiazole rings is 1. The summed E-state index contributed by atoms with van der Waals surface area (Å²) >= 11 is 0.729. The van der Waals surface area contributed by atoms with Crippen molar-refractivity contribution in [1.82, 2.24) is 14.9 Å². The van der Waals surface area contributed by atoms with Crippen LogP contribution in [0.1, 0.15) is 78.7 Å². The zero-order valence-electron chi connectivity index (χ0n) is 17.5. The van der Waals surface area contributed by atoms with Gasteiger partial charge in [-0.05, 0) is 52.5 Å². The number of anilines is 1. The second-order valence-corrected chi connectivity index (χ2v) is 10.0. The third kappa shape index (κ3) is 5.07. The fraction of sp³-hybridized carbons (Fsp3) is 0.524. The maximum atomic E-state index is 14.0. The van der Waals surface area contributed by atoms with Crippen molar-refractivity contribution in [2.45, 2.75) is 70.5 Å². The summed E-state index contributed by atoms with van der Waals surface area (Å²) in [7, 11) is 0. The van der Waals surface area contributed by atoms with E-state index in [-0.39, 0.29) is 107 Å². The van der Waals surface area contributed by atoms with E-state index < -0.39 is 12.4 Å². The van der Waals surface area contributed by atoms with Crippen molar-refractivity contribution >= 4 is 80.4 Å². The molecule has 0 aliphatic carbocycles. The predicted molar refractivity (Wildman–Crippen MR) is 120 cm³/mol. The van der Waals surface area contributed by atoms with Crippen LogP contribution in [0.15, 0.2) is 12.3 Å². The van der Waals surface area contributed by atoms with E-state index in [0.717, 1.165) is 37.0 Å². The topological polar surface area (TPSA) is 95.4 Å². The molecule has 32 heavy (non-hydrogen) atoms. The number of hydrogen-bond donors (Lipinski definition) is 2. The van der Waals surface area contributed by atoms with Gasteiger partial charge in [0.15, 0.2) is 0 Å². The van der Waals surface area contributed by atoms with Crippen molar-refractivity contribution in [3.05, 3.63) is 28.5 Å². The number of aromatic carboxylic acids is 1. The Kier molecular flexibility index (Phi) is 7.78. The molecule has 0 unspecified atom stereocenters. The Labute approximate surface area is 231 Å². The number of nitrogens with zero attached hydrogens (tertiary/aromatic N) is 3. The van der Waals surface area contributed by atoms with Gasteiger partial charge < -0.3 is 15.3 Å². The molecule has 2 N–H and O–H groups in total. The number of hydrogen-bond acceptors (Lipinski definition) is 6. The predicted octanol–water partition coefficient (Wildman–Crippen LogP) is 4.17. The molecule has 2 fully saturated rings. The van der Waals surface area contributed by atoms with Gasteiger partial charge >= 0.3 is 57.4 Å². The third-order valence-corrected chi connectivity index (χ3v) is 6.70. The Bertz CT molecular complexity index is 1020. The first kappa shape index (κ1) is 25.6. The number of carboxylic acid groups (broad SMARTS) is 1. The van der Waals surface area contributed by atoms with E-state index in [4.69, 9.17) is 0 Å². The molecule has 1 amide bonds. The van der Waals surface area contributed by atoms with Crippen LogP contribution in [0.25, 0.3) is 10.4 Å². The molecule has 4 rings (SSSR count). The van der Waals surface area contributed by atoms with Crippen molar-refractivity contribution in [3.8, 4) is 10.4 Å². The first-order valence-electron chi connectivity index (χ1n) is 10.2. The van der Waals surface area contributed by atoms with Crippen LogP contribution < -0.4 is 5.32 Å². The second-order valence-electron chi connectivity index (χ2n) is 9.01. The summed E-state index contributed by atoms with van der Waals surface area (Å²) in [6.45, 7) is 5.65. The Morgan fingerprint density at radius 1 is 1.22 bits per heavy atom. The first-order chi connectivity index (χ1) is 14.5. The van der Waals surface area contributed by atoms with E-state index >= 15 is 0 Å². The van der Waals surface area contributed by atoms with E-state index in [1.54, 1.807) is 4.90 Å². The minimum absolute atomic E-state index is 0. The van der Waals surface area contributed by atoms with E-state index in [2.05, 4.69) is 15.3 Å². The molecule has 2 saturated heterocycles. The molecule has 0 atom stereocenters. The Morgan fingerprint density at radius 2 is 1.81 bits per heavy atom. The quantitative estimate of drug-likeness (QED) is 0.611. The van der Waals surface area contributed by atoms with Crippen LogP contribution in [0, 0.1) is 0 Å². The molecule has 0 radical (unpaired) electrons. The monoisotopic (exact) mass is 490 g/mol. The van der Waals surface area contributed by atoms with Crippen LogP contribution in [0.2, 0.25) is 0 Å².